The number of hydrogen-bond donors (Lipinski definition) is 3. The van der Waals surface area contributed by atoms with Crippen LogP contribution in [0, 0.1) is 0 Å². The van der Waals surface area contributed by atoms with Crippen LogP contribution in [0.3, 0.4) is 0 Å². The van der Waals surface area contributed by atoms with Crippen molar-refractivity contribution in [1.82, 2.24) is 0 Å². The highest BCUT2D eigenvalue weighted by molar-refractivity contribution is 7.47. The summed E-state index contributed by atoms with van der Waals surface area (Å²) in [7, 11) is -4.81. The minimum absolute atomic E-state index is 0.0384. The highest BCUT2D eigenvalue weighted by Crippen LogP contribution is 2.43. The van der Waals surface area contributed by atoms with Gasteiger partial charge in [-0.15, -0.1) is 0 Å². The molecule has 1 unspecified atom stereocenters. The van der Waals surface area contributed by atoms with Gasteiger partial charge in [-0.05, 0) is 83.1 Å². The van der Waals surface area contributed by atoms with Crippen LogP contribution in [-0.2, 0) is 42.3 Å². The van der Waals surface area contributed by atoms with Gasteiger partial charge in [0.25, 0.3) is 0 Å². The maximum atomic E-state index is 12.6. The Hall–Kier alpha value is -4.45. The first-order valence-electron chi connectivity index (χ1n) is 21.5. The van der Waals surface area contributed by atoms with Gasteiger partial charge in [-0.1, -0.05) is 142 Å². The Morgan fingerprint density at radius 1 is 0.574 bits per heavy atom. The van der Waals surface area contributed by atoms with Crippen LogP contribution in [0.1, 0.15) is 123 Å². The van der Waals surface area contributed by atoms with Gasteiger partial charge in [0.1, 0.15) is 12.6 Å². The molecule has 0 aliphatic carbocycles. The topological polar surface area (TPSA) is 189 Å². The van der Waals surface area contributed by atoms with Crippen molar-refractivity contribution in [2.24, 2.45) is 5.73 Å². The van der Waals surface area contributed by atoms with E-state index in [1.807, 2.05) is 24.3 Å². The van der Waals surface area contributed by atoms with E-state index in [0.717, 1.165) is 51.4 Å². The quantitative estimate of drug-likeness (QED) is 0.0133. The Balaban J connectivity index is 4.71. The summed E-state index contributed by atoms with van der Waals surface area (Å²) in [5, 5.41) is 8.88. The third kappa shape index (κ3) is 40.7. The normalized spacial score (nSPS) is 14.8. The second-order valence-corrected chi connectivity index (χ2v) is 15.2. The van der Waals surface area contributed by atoms with Crippen LogP contribution in [-0.4, -0.2) is 65.7 Å². The molecule has 0 radical (unpaired) electrons. The zero-order chi connectivity index (χ0) is 45.1. The number of aliphatic carboxylic acids is 1. The van der Waals surface area contributed by atoms with Crippen LogP contribution in [0.25, 0.3) is 0 Å². The summed E-state index contributed by atoms with van der Waals surface area (Å²) < 4.78 is 32.4. The molecule has 0 spiro atoms. The molecule has 4 N–H and O–H groups in total. The van der Waals surface area contributed by atoms with E-state index in [0.29, 0.717) is 12.8 Å². The molecule has 0 rings (SSSR count). The van der Waals surface area contributed by atoms with Gasteiger partial charge in [0.2, 0.25) is 0 Å². The largest absolute Gasteiger partial charge is 0.480 e. The Morgan fingerprint density at radius 2 is 1.08 bits per heavy atom. The summed E-state index contributed by atoms with van der Waals surface area (Å²) in [4.78, 5) is 58.2. The van der Waals surface area contributed by atoms with Crippen LogP contribution < -0.4 is 5.73 Å². The number of carboxylic acid groups (broad SMARTS) is 1. The number of carbonyl (C=O) groups is 4. The summed E-state index contributed by atoms with van der Waals surface area (Å²) in [6.07, 6.45) is 51.5. The van der Waals surface area contributed by atoms with Crippen molar-refractivity contribution in [2.45, 2.75) is 135 Å². The molecule has 0 aliphatic rings. The third-order valence-electron chi connectivity index (χ3n) is 8.18. The molecule has 0 amide bonds. The zero-order valence-electron chi connectivity index (χ0n) is 36.4. The van der Waals surface area contributed by atoms with E-state index in [-0.39, 0.29) is 31.5 Å². The van der Waals surface area contributed by atoms with Crippen LogP contribution in [0.2, 0.25) is 0 Å². The lowest BCUT2D eigenvalue weighted by molar-refractivity contribution is -0.161. The molecule has 0 aromatic carbocycles. The van der Waals surface area contributed by atoms with Crippen molar-refractivity contribution in [3.63, 3.8) is 0 Å². The van der Waals surface area contributed by atoms with Gasteiger partial charge < -0.3 is 25.2 Å². The van der Waals surface area contributed by atoms with E-state index < -0.39 is 57.7 Å². The monoisotopic (exact) mass is 869 g/mol. The lowest BCUT2D eigenvalue weighted by atomic mass is 10.1. The SMILES string of the molecule is CC/C=C\C/C=C\C/C=C\C/C=C\C/C=C\C/C=C\CCC(=O)OC[C@H](COP(=O)(O)OC[C@H](N)C(=O)O)OC(=O)CCCC(=O)/C=C/C=C\C/C=C\C/C=C\CCCCC. The molecule has 61 heavy (non-hydrogen) atoms. The number of esters is 2. The summed E-state index contributed by atoms with van der Waals surface area (Å²) >= 11 is 0. The minimum atomic E-state index is -4.81. The molecule has 0 bridgehead atoms. The van der Waals surface area contributed by atoms with E-state index >= 15 is 0 Å². The Morgan fingerprint density at radius 3 is 1.62 bits per heavy atom. The van der Waals surface area contributed by atoms with Crippen molar-refractivity contribution in [3.05, 3.63) is 122 Å². The number of phosphoric ester groups is 1. The average Bonchev–Trinajstić information content (AvgIpc) is 3.23. The van der Waals surface area contributed by atoms with Crippen LogP contribution >= 0.6 is 7.82 Å². The molecule has 0 aliphatic heterocycles. The Bertz CT molecular complexity index is 1550. The van der Waals surface area contributed by atoms with Gasteiger partial charge in [-0.3, -0.25) is 28.2 Å². The number of unbranched alkanes of at least 4 members (excludes halogenated alkanes) is 3. The van der Waals surface area contributed by atoms with Crippen molar-refractivity contribution in [1.29, 1.82) is 0 Å². The number of carboxylic acids is 1. The predicted octanol–water partition coefficient (Wildman–Crippen LogP) is 10.8. The number of hydrogen-bond acceptors (Lipinski definition) is 10. The lowest BCUT2D eigenvalue weighted by Gasteiger charge is -2.20. The highest BCUT2D eigenvalue weighted by atomic mass is 31.2. The Labute approximate surface area is 365 Å². The minimum Gasteiger partial charge on any atom is -0.480 e. The number of carbonyl (C=O) groups excluding carboxylic acids is 3. The van der Waals surface area contributed by atoms with E-state index in [9.17, 15) is 28.6 Å². The fourth-order valence-electron chi connectivity index (χ4n) is 4.81. The van der Waals surface area contributed by atoms with Crippen molar-refractivity contribution in [2.75, 3.05) is 19.8 Å². The number of allylic oxidation sites excluding steroid dienone is 20. The van der Waals surface area contributed by atoms with E-state index in [4.69, 9.17) is 24.8 Å². The first-order chi connectivity index (χ1) is 29.5. The number of ketones is 1. The molecule has 0 aromatic rings. The lowest BCUT2D eigenvalue weighted by Crippen LogP contribution is -2.34. The molecule has 340 valence electrons. The summed E-state index contributed by atoms with van der Waals surface area (Å²) in [6.45, 7) is 2.31. The molecule has 0 saturated heterocycles. The number of phosphoric acid groups is 1. The fourth-order valence-corrected chi connectivity index (χ4v) is 5.58. The smallest absolute Gasteiger partial charge is 0.472 e. The molecule has 3 atom stereocenters. The van der Waals surface area contributed by atoms with Crippen LogP contribution in [0.4, 0.5) is 0 Å². The number of rotatable bonds is 38. The zero-order valence-corrected chi connectivity index (χ0v) is 37.3. The maximum Gasteiger partial charge on any atom is 0.472 e. The Kier molecular flexibility index (Phi) is 37.9. The molecule has 0 heterocycles. The second kappa shape index (κ2) is 40.9. The third-order valence-corrected chi connectivity index (χ3v) is 9.13. The summed E-state index contributed by atoms with van der Waals surface area (Å²) in [6, 6.07) is -1.58. The summed E-state index contributed by atoms with van der Waals surface area (Å²) in [5.74, 6) is -2.97. The van der Waals surface area contributed by atoms with Crippen molar-refractivity contribution in [3.8, 4) is 0 Å². The van der Waals surface area contributed by atoms with Crippen molar-refractivity contribution < 1.29 is 52.3 Å². The molecular weight excluding hydrogens is 797 g/mol. The fraction of sp³-hybridized carbons (Fsp3) is 0.500. The number of ether oxygens (including phenoxy) is 2. The molecular formula is C48H72NO11P. The van der Waals surface area contributed by atoms with E-state index in [1.165, 1.54) is 25.3 Å². The average molecular weight is 870 g/mol. The first-order valence-corrected chi connectivity index (χ1v) is 23.0. The van der Waals surface area contributed by atoms with Gasteiger partial charge in [-0.2, -0.15) is 0 Å². The molecule has 12 nitrogen and oxygen atoms in total. The van der Waals surface area contributed by atoms with E-state index in [2.05, 4.69) is 97.4 Å². The molecule has 0 fully saturated rings. The summed E-state index contributed by atoms with van der Waals surface area (Å²) in [5.41, 5.74) is 5.31. The van der Waals surface area contributed by atoms with Gasteiger partial charge in [-0.25, -0.2) is 4.57 Å². The van der Waals surface area contributed by atoms with Gasteiger partial charge in [0.05, 0.1) is 13.2 Å². The molecule has 0 saturated carbocycles. The van der Waals surface area contributed by atoms with Crippen LogP contribution in [0.15, 0.2) is 122 Å². The highest BCUT2D eigenvalue weighted by Gasteiger charge is 2.28. The molecule has 0 aromatic heterocycles. The van der Waals surface area contributed by atoms with Crippen LogP contribution in [0.5, 0.6) is 0 Å². The maximum absolute atomic E-state index is 12.6. The van der Waals surface area contributed by atoms with Gasteiger partial charge >= 0.3 is 25.7 Å². The van der Waals surface area contributed by atoms with Gasteiger partial charge in [0, 0.05) is 19.3 Å². The van der Waals surface area contributed by atoms with Crippen molar-refractivity contribution >= 4 is 31.5 Å². The molecule has 13 heteroatoms. The van der Waals surface area contributed by atoms with Gasteiger partial charge in [0.15, 0.2) is 11.9 Å². The predicted molar refractivity (Wildman–Crippen MR) is 244 cm³/mol. The van der Waals surface area contributed by atoms with E-state index in [1.54, 1.807) is 12.2 Å². The standard InChI is InChI=1S/C48H72NO11P/c1-3-5-7-9-11-13-15-17-18-19-20-21-22-24-26-28-30-32-34-38-46(51)57-40-44(41-58-61(55,56)59-42-45(49)48(53)54)60-47(52)39-35-37-43(50)36-33-31-29-27-25-23-16-14-12-10-8-6-4-2/h5,7,11-14,17-18,20-21,23-26,29-33,36,44-45H,3-4,6,8-10,15-16,19,22,27-28,34-35,37-42,49H2,1-2H3,(H,53,54)(H,55,56)/b7-5-,13-11-,14-12-,18-17-,21-20-,25-23-,26-24-,31-29-,32-30-,36-33+/t44-,45+/m1/s1. The first kappa shape index (κ1) is 56.5. The number of nitrogens with two attached hydrogens (primary N) is 1. The second-order valence-electron chi connectivity index (χ2n) is 13.8.